The van der Waals surface area contributed by atoms with Crippen LogP contribution in [-0.2, 0) is 23.8 Å². The summed E-state index contributed by atoms with van der Waals surface area (Å²) in [5, 5.41) is 105. The lowest BCUT2D eigenvalue weighted by atomic mass is 9.73. The zero-order chi connectivity index (χ0) is 30.7. The van der Waals surface area contributed by atoms with Crippen LogP contribution in [0.25, 0.3) is 6.08 Å². The number of carbonyl (C=O) groups is 2. The first kappa shape index (κ1) is 30.2. The molecule has 11 atom stereocenters. The Kier molecular flexibility index (Phi) is 8.01. The highest BCUT2D eigenvalue weighted by molar-refractivity contribution is 6.29. The fourth-order valence-corrected chi connectivity index (χ4v) is 5.63. The summed E-state index contributed by atoms with van der Waals surface area (Å²) >= 11 is 0. The average Bonchev–Trinajstić information content (AvgIpc) is 3.37. The number of fused-ring (bicyclic) bond motifs is 2. The molecule has 10 N–H and O–H groups in total. The van der Waals surface area contributed by atoms with Gasteiger partial charge in [0.05, 0.1) is 18.8 Å². The first-order valence-electron chi connectivity index (χ1n) is 12.9. The van der Waals surface area contributed by atoms with Gasteiger partial charge in [-0.1, -0.05) is 18.2 Å². The van der Waals surface area contributed by atoms with Gasteiger partial charge in [-0.25, -0.2) is 0 Å². The number of rotatable bonds is 6. The minimum Gasteiger partial charge on any atom is -0.508 e. The van der Waals surface area contributed by atoms with Gasteiger partial charge in [0.15, 0.2) is 11.9 Å². The molecule has 1 aromatic carbocycles. The van der Waals surface area contributed by atoms with E-state index in [1.165, 1.54) is 30.3 Å². The minimum atomic E-state index is -3.22. The number of aliphatic hydroxyl groups excluding tert-OH is 8. The second-order valence-electron chi connectivity index (χ2n) is 10.4. The lowest BCUT2D eigenvalue weighted by molar-refractivity contribution is -0.266. The van der Waals surface area contributed by atoms with E-state index in [4.69, 9.17) is 14.2 Å². The monoisotopic (exact) mass is 594 g/mol. The van der Waals surface area contributed by atoms with Gasteiger partial charge in [0.2, 0.25) is 11.4 Å². The quantitative estimate of drug-likeness (QED) is 0.111. The van der Waals surface area contributed by atoms with Crippen LogP contribution in [0.5, 0.6) is 5.75 Å². The highest BCUT2D eigenvalue weighted by atomic mass is 16.6. The van der Waals surface area contributed by atoms with Crippen molar-refractivity contribution in [3.8, 4) is 5.75 Å². The Bertz CT molecular complexity index is 1330. The Morgan fingerprint density at radius 1 is 0.857 bits per heavy atom. The number of benzene rings is 1. The number of ketones is 2. The largest absolute Gasteiger partial charge is 0.508 e. The SMILES string of the molecule is O=C(C=Cc1ccc(O)cc1)C1=C(O)C2=C(OC3C2OC(CO)C(O)C3O)C(O)([C@@H]2O[C@H](CO)[C@@H](O)[C@H](O)[C@H]2O)C1=O. The van der Waals surface area contributed by atoms with E-state index in [-0.39, 0.29) is 5.75 Å². The smallest absolute Gasteiger partial charge is 0.214 e. The molecule has 0 saturated carbocycles. The van der Waals surface area contributed by atoms with Crippen molar-refractivity contribution < 1.29 is 74.9 Å². The molecule has 3 aliphatic heterocycles. The summed E-state index contributed by atoms with van der Waals surface area (Å²) < 4.78 is 16.7. The van der Waals surface area contributed by atoms with Crippen molar-refractivity contribution in [3.63, 3.8) is 0 Å². The molecule has 0 spiro atoms. The molecule has 5 rings (SSSR count). The summed E-state index contributed by atoms with van der Waals surface area (Å²) in [5.74, 6) is -4.64. The second kappa shape index (κ2) is 11.1. The number of aromatic hydroxyl groups is 1. The summed E-state index contributed by atoms with van der Waals surface area (Å²) in [6.45, 7) is -1.73. The van der Waals surface area contributed by atoms with Crippen LogP contribution in [0.15, 0.2) is 53.0 Å². The third kappa shape index (κ3) is 4.55. The number of carbonyl (C=O) groups excluding carboxylic acids is 2. The second-order valence-corrected chi connectivity index (χ2v) is 10.4. The van der Waals surface area contributed by atoms with Crippen LogP contribution >= 0.6 is 0 Å². The highest BCUT2D eigenvalue weighted by Gasteiger charge is 2.67. The number of phenolic OH excluding ortho intramolecular Hbond substituents is 1. The average molecular weight is 595 g/mol. The molecule has 0 aromatic heterocycles. The van der Waals surface area contributed by atoms with Crippen LogP contribution in [0.3, 0.4) is 0 Å². The summed E-state index contributed by atoms with van der Waals surface area (Å²) in [6, 6.07) is 5.53. The summed E-state index contributed by atoms with van der Waals surface area (Å²) in [6.07, 6.45) is -16.0. The van der Waals surface area contributed by atoms with Crippen molar-refractivity contribution in [2.24, 2.45) is 0 Å². The molecule has 2 saturated heterocycles. The fourth-order valence-electron chi connectivity index (χ4n) is 5.63. The lowest BCUT2D eigenvalue weighted by Crippen LogP contribution is -2.68. The Morgan fingerprint density at radius 2 is 1.45 bits per heavy atom. The number of Topliss-reactive ketones (excluding diaryl/α,β-unsaturated/α-hetero) is 1. The van der Waals surface area contributed by atoms with Crippen LogP contribution in [0.1, 0.15) is 5.56 Å². The Balaban J connectivity index is 1.64. The van der Waals surface area contributed by atoms with E-state index in [1.807, 2.05) is 0 Å². The van der Waals surface area contributed by atoms with Crippen molar-refractivity contribution in [2.75, 3.05) is 13.2 Å². The van der Waals surface area contributed by atoms with E-state index in [0.717, 1.165) is 6.08 Å². The highest BCUT2D eigenvalue weighted by Crippen LogP contribution is 2.50. The molecule has 0 bridgehead atoms. The van der Waals surface area contributed by atoms with Gasteiger partial charge in [-0.15, -0.1) is 0 Å². The molecule has 42 heavy (non-hydrogen) atoms. The van der Waals surface area contributed by atoms with Gasteiger partial charge < -0.3 is 65.3 Å². The van der Waals surface area contributed by atoms with Crippen molar-refractivity contribution in [1.29, 1.82) is 0 Å². The molecule has 2 fully saturated rings. The standard InChI is InChI=1S/C27H30O15/c28-7-12-17(33)20(36)23-22(40-12)15-18(34)14(11(31)6-3-9-1-4-10(30)5-2-9)24(38)27(39,25(15)42-23)26-21(37)19(35)16(32)13(8-29)41-26/h1-6,12-13,16-17,19-23,26,28-30,32-37,39H,7-8H2/t12?,13-,16-,17?,19+,20?,21-,22?,23?,26-,27?/m1/s1. The van der Waals surface area contributed by atoms with Gasteiger partial charge in [-0.2, -0.15) is 0 Å². The molecule has 228 valence electrons. The third-order valence-corrected chi connectivity index (χ3v) is 7.93. The van der Waals surface area contributed by atoms with Gasteiger partial charge in [0.1, 0.15) is 77.8 Å². The van der Waals surface area contributed by atoms with Gasteiger partial charge in [0, 0.05) is 0 Å². The molecule has 3 heterocycles. The Morgan fingerprint density at radius 3 is 2.07 bits per heavy atom. The lowest BCUT2D eigenvalue weighted by Gasteiger charge is -2.47. The number of aliphatic hydroxyl groups is 9. The van der Waals surface area contributed by atoms with Crippen LogP contribution < -0.4 is 0 Å². The van der Waals surface area contributed by atoms with Crippen LogP contribution in [0.4, 0.5) is 0 Å². The molecule has 0 radical (unpaired) electrons. The number of phenols is 1. The first-order chi connectivity index (χ1) is 19.9. The molecular weight excluding hydrogens is 564 g/mol. The van der Waals surface area contributed by atoms with E-state index in [9.17, 15) is 60.7 Å². The van der Waals surface area contributed by atoms with Crippen LogP contribution in [0.2, 0.25) is 0 Å². The molecule has 15 nitrogen and oxygen atoms in total. The molecule has 6 unspecified atom stereocenters. The van der Waals surface area contributed by atoms with Gasteiger partial charge in [-0.05, 0) is 23.8 Å². The Labute approximate surface area is 237 Å². The van der Waals surface area contributed by atoms with Crippen molar-refractivity contribution >= 4 is 17.6 Å². The van der Waals surface area contributed by atoms with Crippen molar-refractivity contribution in [3.05, 3.63) is 58.6 Å². The fraction of sp³-hybridized carbons (Fsp3) is 0.481. The minimum absolute atomic E-state index is 0.0536. The molecule has 0 amide bonds. The topological polar surface area (TPSA) is 264 Å². The number of ether oxygens (including phenoxy) is 3. The van der Waals surface area contributed by atoms with Gasteiger partial charge in [0.25, 0.3) is 0 Å². The predicted octanol–water partition coefficient (Wildman–Crippen LogP) is -3.92. The predicted molar refractivity (Wildman–Crippen MR) is 135 cm³/mol. The molecule has 15 heteroatoms. The number of hydrogen-bond donors (Lipinski definition) is 10. The van der Waals surface area contributed by atoms with E-state index in [0.29, 0.717) is 5.56 Å². The van der Waals surface area contributed by atoms with E-state index < -0.39 is 114 Å². The maximum Gasteiger partial charge on any atom is 0.214 e. The van der Waals surface area contributed by atoms with Crippen molar-refractivity contribution in [1.82, 2.24) is 0 Å². The first-order valence-corrected chi connectivity index (χ1v) is 12.9. The maximum absolute atomic E-state index is 13.9. The zero-order valence-electron chi connectivity index (χ0n) is 21.7. The number of hydrogen-bond acceptors (Lipinski definition) is 15. The zero-order valence-corrected chi connectivity index (χ0v) is 21.7. The molecule has 1 aliphatic carbocycles. The summed E-state index contributed by atoms with van der Waals surface area (Å²) in [7, 11) is 0. The van der Waals surface area contributed by atoms with Crippen LogP contribution in [0, 0.1) is 0 Å². The van der Waals surface area contributed by atoms with E-state index in [2.05, 4.69) is 0 Å². The summed E-state index contributed by atoms with van der Waals surface area (Å²) in [4.78, 5) is 27.3. The van der Waals surface area contributed by atoms with Crippen molar-refractivity contribution in [2.45, 2.75) is 66.6 Å². The molecule has 1 aromatic rings. The molecule has 4 aliphatic rings. The van der Waals surface area contributed by atoms with E-state index in [1.54, 1.807) is 0 Å². The third-order valence-electron chi connectivity index (χ3n) is 7.93. The normalized spacial score (nSPS) is 40.2. The number of allylic oxidation sites excluding steroid dienone is 1. The maximum atomic E-state index is 13.9. The summed E-state index contributed by atoms with van der Waals surface area (Å²) in [5.41, 5.74) is -4.38. The molecular formula is C27H30O15. The Hall–Kier alpha value is -3.22. The van der Waals surface area contributed by atoms with Gasteiger partial charge in [-0.3, -0.25) is 9.59 Å². The van der Waals surface area contributed by atoms with E-state index >= 15 is 0 Å². The van der Waals surface area contributed by atoms with Crippen LogP contribution in [-0.4, -0.2) is 142 Å². The van der Waals surface area contributed by atoms with Gasteiger partial charge >= 0.3 is 0 Å².